The summed E-state index contributed by atoms with van der Waals surface area (Å²) in [4.78, 5) is 4.22. The minimum absolute atomic E-state index is 0.316. The number of hydrogen-bond acceptors (Lipinski definition) is 4. The number of ether oxygens (including phenoxy) is 1. The van der Waals surface area contributed by atoms with Gasteiger partial charge in [0.1, 0.15) is 5.82 Å². The lowest BCUT2D eigenvalue weighted by atomic mass is 10.2. The van der Waals surface area contributed by atoms with Crippen LogP contribution in [0.5, 0.6) is 0 Å². The molecule has 19 heavy (non-hydrogen) atoms. The van der Waals surface area contributed by atoms with Crippen LogP contribution in [-0.4, -0.2) is 4.98 Å². The minimum atomic E-state index is 0.316. The quantitative estimate of drug-likeness (QED) is 0.656. The molecule has 0 atom stereocenters. The molecule has 100 valence electrons. The molecule has 0 aliphatic rings. The largest absolute Gasteiger partial charge is 0.370 e. The van der Waals surface area contributed by atoms with Crippen molar-refractivity contribution in [2.24, 2.45) is 5.84 Å². The normalized spacial score (nSPS) is 10.5. The van der Waals surface area contributed by atoms with Gasteiger partial charge in [-0.05, 0) is 29.8 Å². The molecule has 0 radical (unpaired) electrons. The summed E-state index contributed by atoms with van der Waals surface area (Å²) >= 11 is 11.8. The fourth-order valence-corrected chi connectivity index (χ4v) is 1.80. The third-order valence-electron chi connectivity index (χ3n) is 2.49. The monoisotopic (exact) mass is 297 g/mol. The first-order valence-corrected chi connectivity index (χ1v) is 6.39. The van der Waals surface area contributed by atoms with E-state index in [0.29, 0.717) is 34.8 Å². The zero-order valence-electron chi connectivity index (χ0n) is 10.1. The topological polar surface area (TPSA) is 60.2 Å². The molecule has 0 spiro atoms. The summed E-state index contributed by atoms with van der Waals surface area (Å²) in [7, 11) is 0. The van der Waals surface area contributed by atoms with Crippen molar-refractivity contribution in [3.63, 3.8) is 0 Å². The molecule has 2 rings (SSSR count). The highest BCUT2D eigenvalue weighted by atomic mass is 35.5. The fourth-order valence-electron chi connectivity index (χ4n) is 1.51. The molecule has 0 bridgehead atoms. The predicted molar refractivity (Wildman–Crippen MR) is 77.0 cm³/mol. The van der Waals surface area contributed by atoms with Crippen LogP contribution < -0.4 is 11.3 Å². The first kappa shape index (κ1) is 14.1. The van der Waals surface area contributed by atoms with E-state index in [9.17, 15) is 0 Å². The highest BCUT2D eigenvalue weighted by Crippen LogP contribution is 2.18. The van der Waals surface area contributed by atoms with Crippen molar-refractivity contribution < 1.29 is 4.74 Å². The number of pyridine rings is 1. The molecule has 1 heterocycles. The van der Waals surface area contributed by atoms with E-state index in [4.69, 9.17) is 33.8 Å². The van der Waals surface area contributed by atoms with Gasteiger partial charge < -0.3 is 10.2 Å². The van der Waals surface area contributed by atoms with Crippen molar-refractivity contribution in [2.75, 3.05) is 5.43 Å². The van der Waals surface area contributed by atoms with Gasteiger partial charge in [0.15, 0.2) is 0 Å². The second-order valence-corrected chi connectivity index (χ2v) is 4.73. The Morgan fingerprint density at radius 2 is 1.79 bits per heavy atom. The van der Waals surface area contributed by atoms with Crippen LogP contribution in [0.4, 0.5) is 5.82 Å². The molecule has 0 saturated carbocycles. The van der Waals surface area contributed by atoms with E-state index in [1.54, 1.807) is 12.1 Å². The van der Waals surface area contributed by atoms with Crippen molar-refractivity contribution in [1.29, 1.82) is 0 Å². The molecule has 0 aliphatic heterocycles. The van der Waals surface area contributed by atoms with Crippen LogP contribution in [0.2, 0.25) is 10.0 Å². The standard InChI is InChI=1S/C13H13Cl2N3O/c14-10-3-1-9(2-4-10)7-19-8-12-11(15)5-6-13(17-12)18-16/h1-6H,7-8,16H2,(H,17,18). The number of rotatable bonds is 5. The number of anilines is 1. The van der Waals surface area contributed by atoms with Gasteiger partial charge in [0.25, 0.3) is 0 Å². The van der Waals surface area contributed by atoms with Crippen molar-refractivity contribution in [3.05, 3.63) is 57.7 Å². The van der Waals surface area contributed by atoms with E-state index < -0.39 is 0 Å². The van der Waals surface area contributed by atoms with Crippen LogP contribution in [-0.2, 0) is 18.0 Å². The summed E-state index contributed by atoms with van der Waals surface area (Å²) in [6.45, 7) is 0.784. The zero-order valence-corrected chi connectivity index (χ0v) is 11.6. The first-order chi connectivity index (χ1) is 9.19. The van der Waals surface area contributed by atoms with Crippen LogP contribution in [0.25, 0.3) is 0 Å². The predicted octanol–water partition coefficient (Wildman–Crippen LogP) is 3.39. The Morgan fingerprint density at radius 3 is 2.47 bits per heavy atom. The van der Waals surface area contributed by atoms with Gasteiger partial charge in [0.2, 0.25) is 0 Å². The Morgan fingerprint density at radius 1 is 1.05 bits per heavy atom. The molecule has 0 aliphatic carbocycles. The van der Waals surface area contributed by atoms with Gasteiger partial charge in [0.05, 0.1) is 23.9 Å². The summed E-state index contributed by atoms with van der Waals surface area (Å²) in [5, 5.41) is 1.25. The van der Waals surface area contributed by atoms with E-state index in [1.165, 1.54) is 0 Å². The van der Waals surface area contributed by atoms with Crippen molar-refractivity contribution in [3.8, 4) is 0 Å². The third-order valence-corrected chi connectivity index (χ3v) is 3.08. The second kappa shape index (κ2) is 6.73. The SMILES string of the molecule is NNc1ccc(Cl)c(COCc2ccc(Cl)cc2)n1. The maximum absolute atomic E-state index is 6.03. The van der Waals surface area contributed by atoms with Crippen molar-refractivity contribution in [1.82, 2.24) is 4.98 Å². The average molecular weight is 298 g/mol. The van der Waals surface area contributed by atoms with E-state index in [2.05, 4.69) is 10.4 Å². The maximum Gasteiger partial charge on any atom is 0.140 e. The lowest BCUT2D eigenvalue weighted by Gasteiger charge is -2.07. The van der Waals surface area contributed by atoms with E-state index >= 15 is 0 Å². The number of nitrogens with zero attached hydrogens (tertiary/aromatic N) is 1. The molecule has 0 saturated heterocycles. The molecule has 3 N–H and O–H groups in total. The number of nitrogens with one attached hydrogen (secondary N) is 1. The Hall–Kier alpha value is -1.33. The molecular formula is C13H13Cl2N3O. The zero-order chi connectivity index (χ0) is 13.7. The maximum atomic E-state index is 6.03. The van der Waals surface area contributed by atoms with E-state index in [-0.39, 0.29) is 0 Å². The number of aromatic nitrogens is 1. The second-order valence-electron chi connectivity index (χ2n) is 3.89. The van der Waals surface area contributed by atoms with E-state index in [0.717, 1.165) is 5.56 Å². The number of benzene rings is 1. The van der Waals surface area contributed by atoms with Crippen LogP contribution in [0.1, 0.15) is 11.3 Å². The molecule has 6 heteroatoms. The Kier molecular flexibility index (Phi) is 4.99. The first-order valence-electron chi connectivity index (χ1n) is 5.63. The molecule has 0 amide bonds. The van der Waals surface area contributed by atoms with Gasteiger partial charge in [-0.15, -0.1) is 0 Å². The van der Waals surface area contributed by atoms with Crippen molar-refractivity contribution in [2.45, 2.75) is 13.2 Å². The van der Waals surface area contributed by atoms with Crippen LogP contribution in [0, 0.1) is 0 Å². The van der Waals surface area contributed by atoms with Gasteiger partial charge in [0, 0.05) is 5.02 Å². The number of hydrazine groups is 1. The average Bonchev–Trinajstić information content (AvgIpc) is 2.43. The number of halogens is 2. The van der Waals surface area contributed by atoms with Gasteiger partial charge in [-0.3, -0.25) is 0 Å². The molecule has 4 nitrogen and oxygen atoms in total. The van der Waals surface area contributed by atoms with Crippen LogP contribution in [0.3, 0.4) is 0 Å². The summed E-state index contributed by atoms with van der Waals surface area (Å²) < 4.78 is 5.57. The fraction of sp³-hybridized carbons (Fsp3) is 0.154. The Bertz CT molecular complexity index is 546. The Balaban J connectivity index is 1.93. The van der Waals surface area contributed by atoms with Gasteiger partial charge >= 0.3 is 0 Å². The summed E-state index contributed by atoms with van der Waals surface area (Å²) in [6.07, 6.45) is 0. The third kappa shape index (κ3) is 4.08. The molecule has 2 aromatic rings. The molecule has 1 aromatic carbocycles. The van der Waals surface area contributed by atoms with Gasteiger partial charge in [-0.1, -0.05) is 35.3 Å². The lowest BCUT2D eigenvalue weighted by molar-refractivity contribution is 0.105. The molecule has 0 fully saturated rings. The molecule has 0 unspecified atom stereocenters. The highest BCUT2D eigenvalue weighted by molar-refractivity contribution is 6.31. The number of hydrogen-bond donors (Lipinski definition) is 2. The number of nitrogen functional groups attached to an aromatic ring is 1. The van der Waals surface area contributed by atoms with Crippen molar-refractivity contribution >= 4 is 29.0 Å². The highest BCUT2D eigenvalue weighted by Gasteiger charge is 2.04. The van der Waals surface area contributed by atoms with E-state index in [1.807, 2.05) is 24.3 Å². The summed E-state index contributed by atoms with van der Waals surface area (Å²) in [6, 6.07) is 10.9. The van der Waals surface area contributed by atoms with Crippen LogP contribution in [0.15, 0.2) is 36.4 Å². The van der Waals surface area contributed by atoms with Crippen LogP contribution >= 0.6 is 23.2 Å². The summed E-state index contributed by atoms with van der Waals surface area (Å²) in [5.74, 6) is 5.84. The summed E-state index contributed by atoms with van der Waals surface area (Å²) in [5.41, 5.74) is 4.15. The number of nitrogens with two attached hydrogens (primary N) is 1. The van der Waals surface area contributed by atoms with Gasteiger partial charge in [-0.2, -0.15) is 0 Å². The molecule has 1 aromatic heterocycles. The minimum Gasteiger partial charge on any atom is -0.370 e. The van der Waals surface area contributed by atoms with Gasteiger partial charge in [-0.25, -0.2) is 10.8 Å². The Labute approximate surface area is 121 Å². The molecular weight excluding hydrogens is 285 g/mol. The lowest BCUT2D eigenvalue weighted by Crippen LogP contribution is -2.09. The smallest absolute Gasteiger partial charge is 0.140 e.